The predicted molar refractivity (Wildman–Crippen MR) is 83.5 cm³/mol. The topological polar surface area (TPSA) is 38.3 Å². The lowest BCUT2D eigenvalue weighted by molar-refractivity contribution is -0.144. The quantitative estimate of drug-likeness (QED) is 0.812. The molecular weight excluding hydrogens is 318 g/mol. The van der Waals surface area contributed by atoms with Crippen molar-refractivity contribution in [2.24, 2.45) is 0 Å². The highest BCUT2D eigenvalue weighted by molar-refractivity contribution is 9.10. The van der Waals surface area contributed by atoms with E-state index in [-0.39, 0.29) is 5.97 Å². The maximum absolute atomic E-state index is 11.6. The van der Waals surface area contributed by atoms with Crippen molar-refractivity contribution in [3.8, 4) is 0 Å². The summed E-state index contributed by atoms with van der Waals surface area (Å²) in [6.45, 7) is 0.880. The van der Waals surface area contributed by atoms with Crippen LogP contribution in [0.25, 0.3) is 0 Å². The zero-order valence-corrected chi connectivity index (χ0v) is 12.6. The van der Waals surface area contributed by atoms with Gasteiger partial charge in [-0.2, -0.15) is 0 Å². The Hall–Kier alpha value is -1.81. The lowest BCUT2D eigenvalue weighted by Gasteiger charge is -2.07. The number of carbonyl (C=O) groups excluding carboxylic acids is 1. The maximum Gasteiger partial charge on any atom is 0.307 e. The van der Waals surface area contributed by atoms with Gasteiger partial charge in [0, 0.05) is 16.7 Å². The van der Waals surface area contributed by atoms with Gasteiger partial charge in [0.2, 0.25) is 0 Å². The Balaban J connectivity index is 1.68. The van der Waals surface area contributed by atoms with Crippen LogP contribution in [0.1, 0.15) is 12.0 Å². The third-order valence-electron chi connectivity index (χ3n) is 2.72. The first-order chi connectivity index (χ1) is 9.74. The smallest absolute Gasteiger partial charge is 0.307 e. The zero-order chi connectivity index (χ0) is 14.2. The van der Waals surface area contributed by atoms with E-state index >= 15 is 0 Å². The Morgan fingerprint density at radius 1 is 1.10 bits per heavy atom. The number of para-hydroxylation sites is 1. The Morgan fingerprint density at radius 3 is 2.65 bits per heavy atom. The lowest BCUT2D eigenvalue weighted by atomic mass is 10.2. The van der Waals surface area contributed by atoms with E-state index in [1.807, 2.05) is 54.6 Å². The molecule has 0 aromatic heterocycles. The van der Waals surface area contributed by atoms with Crippen molar-refractivity contribution in [1.82, 2.24) is 0 Å². The molecule has 3 nitrogen and oxygen atoms in total. The van der Waals surface area contributed by atoms with Crippen molar-refractivity contribution in [3.63, 3.8) is 0 Å². The summed E-state index contributed by atoms with van der Waals surface area (Å²) in [6, 6.07) is 17.5. The monoisotopic (exact) mass is 333 g/mol. The van der Waals surface area contributed by atoms with Gasteiger partial charge in [0.15, 0.2) is 0 Å². The van der Waals surface area contributed by atoms with Gasteiger partial charge < -0.3 is 10.1 Å². The van der Waals surface area contributed by atoms with Crippen LogP contribution in [0.3, 0.4) is 0 Å². The molecule has 0 aliphatic rings. The number of benzene rings is 2. The van der Waals surface area contributed by atoms with Crippen LogP contribution in [-0.2, 0) is 16.1 Å². The van der Waals surface area contributed by atoms with Gasteiger partial charge in [-0.15, -0.1) is 0 Å². The number of halogens is 1. The van der Waals surface area contributed by atoms with Crippen LogP contribution in [0, 0.1) is 0 Å². The maximum atomic E-state index is 11.6. The molecule has 0 amide bonds. The molecule has 0 heterocycles. The van der Waals surface area contributed by atoms with Gasteiger partial charge in [-0.05, 0) is 29.8 Å². The molecule has 0 saturated heterocycles. The Morgan fingerprint density at radius 2 is 1.90 bits per heavy atom. The molecule has 1 N–H and O–H groups in total. The second-order valence-corrected chi connectivity index (χ2v) is 5.25. The first kappa shape index (κ1) is 14.6. The number of anilines is 1. The number of rotatable bonds is 6. The van der Waals surface area contributed by atoms with Crippen molar-refractivity contribution < 1.29 is 9.53 Å². The molecule has 0 spiro atoms. The summed E-state index contributed by atoms with van der Waals surface area (Å²) in [4.78, 5) is 11.6. The molecule has 2 aromatic carbocycles. The van der Waals surface area contributed by atoms with E-state index in [0.717, 1.165) is 15.7 Å². The fourth-order valence-electron chi connectivity index (χ4n) is 1.73. The number of ether oxygens (including phenoxy) is 1. The fraction of sp³-hybridized carbons (Fsp3) is 0.188. The van der Waals surface area contributed by atoms with Gasteiger partial charge in [-0.1, -0.05) is 46.3 Å². The van der Waals surface area contributed by atoms with E-state index in [0.29, 0.717) is 19.6 Å². The van der Waals surface area contributed by atoms with Crippen molar-refractivity contribution in [2.75, 3.05) is 11.9 Å². The van der Waals surface area contributed by atoms with Crippen molar-refractivity contribution in [3.05, 3.63) is 64.6 Å². The molecule has 0 aliphatic heterocycles. The highest BCUT2D eigenvalue weighted by Crippen LogP contribution is 2.12. The molecule has 0 fully saturated rings. The molecule has 4 heteroatoms. The average molecular weight is 334 g/mol. The van der Waals surface area contributed by atoms with Gasteiger partial charge in [-0.3, -0.25) is 4.79 Å². The number of hydrogen-bond acceptors (Lipinski definition) is 3. The minimum atomic E-state index is -0.201. The van der Waals surface area contributed by atoms with Gasteiger partial charge in [0.25, 0.3) is 0 Å². The molecule has 0 radical (unpaired) electrons. The van der Waals surface area contributed by atoms with Gasteiger partial charge in [0.1, 0.15) is 6.61 Å². The van der Waals surface area contributed by atoms with Gasteiger partial charge in [-0.25, -0.2) is 0 Å². The van der Waals surface area contributed by atoms with Crippen LogP contribution >= 0.6 is 15.9 Å². The number of nitrogens with one attached hydrogen (secondary N) is 1. The lowest BCUT2D eigenvalue weighted by Crippen LogP contribution is -2.11. The third-order valence-corrected chi connectivity index (χ3v) is 3.21. The van der Waals surface area contributed by atoms with Crippen molar-refractivity contribution in [1.29, 1.82) is 0 Å². The summed E-state index contributed by atoms with van der Waals surface area (Å²) >= 11 is 3.39. The highest BCUT2D eigenvalue weighted by atomic mass is 79.9. The molecule has 0 bridgehead atoms. The van der Waals surface area contributed by atoms with Crippen molar-refractivity contribution >= 4 is 27.6 Å². The summed E-state index contributed by atoms with van der Waals surface area (Å²) < 4.78 is 6.20. The second-order valence-electron chi connectivity index (χ2n) is 4.33. The highest BCUT2D eigenvalue weighted by Gasteiger charge is 2.03. The van der Waals surface area contributed by atoms with E-state index in [9.17, 15) is 4.79 Å². The Bertz CT molecular complexity index is 557. The number of esters is 1. The van der Waals surface area contributed by atoms with Crippen LogP contribution in [-0.4, -0.2) is 12.5 Å². The van der Waals surface area contributed by atoms with Crippen LogP contribution in [0.5, 0.6) is 0 Å². The van der Waals surface area contributed by atoms with Gasteiger partial charge >= 0.3 is 5.97 Å². The minimum absolute atomic E-state index is 0.201. The summed E-state index contributed by atoms with van der Waals surface area (Å²) in [5, 5.41) is 3.17. The summed E-state index contributed by atoms with van der Waals surface area (Å²) in [6.07, 6.45) is 0.350. The fourth-order valence-corrected chi connectivity index (χ4v) is 2.17. The third kappa shape index (κ3) is 5.05. The zero-order valence-electron chi connectivity index (χ0n) is 11.0. The van der Waals surface area contributed by atoms with Crippen LogP contribution in [0.2, 0.25) is 0 Å². The molecule has 0 aliphatic carbocycles. The minimum Gasteiger partial charge on any atom is -0.461 e. The normalized spacial score (nSPS) is 10.1. The Kier molecular flexibility index (Phi) is 5.62. The summed E-state index contributed by atoms with van der Waals surface area (Å²) in [7, 11) is 0. The molecule has 0 unspecified atom stereocenters. The molecular formula is C16H16BrNO2. The standard InChI is InChI=1S/C16H16BrNO2/c17-14-6-4-5-13(11-14)12-20-16(19)9-10-18-15-7-2-1-3-8-15/h1-8,11,18H,9-10,12H2. The van der Waals surface area contributed by atoms with Crippen LogP contribution in [0.4, 0.5) is 5.69 Å². The molecule has 0 saturated carbocycles. The van der Waals surface area contributed by atoms with E-state index in [1.54, 1.807) is 0 Å². The SMILES string of the molecule is O=C(CCNc1ccccc1)OCc1cccc(Br)c1. The first-order valence-electron chi connectivity index (χ1n) is 6.43. The predicted octanol–water partition coefficient (Wildman–Crippen LogP) is 3.99. The van der Waals surface area contributed by atoms with Crippen LogP contribution in [0.15, 0.2) is 59.1 Å². The van der Waals surface area contributed by atoms with E-state index in [4.69, 9.17) is 4.74 Å². The van der Waals surface area contributed by atoms with Crippen LogP contribution < -0.4 is 5.32 Å². The molecule has 0 atom stereocenters. The molecule has 2 rings (SSSR count). The van der Waals surface area contributed by atoms with E-state index < -0.39 is 0 Å². The molecule has 20 heavy (non-hydrogen) atoms. The largest absolute Gasteiger partial charge is 0.461 e. The number of carbonyl (C=O) groups is 1. The summed E-state index contributed by atoms with van der Waals surface area (Å²) in [5.41, 5.74) is 1.98. The second kappa shape index (κ2) is 7.70. The molecule has 2 aromatic rings. The number of hydrogen-bond donors (Lipinski definition) is 1. The van der Waals surface area contributed by atoms with Gasteiger partial charge in [0.05, 0.1) is 6.42 Å². The Labute approximate surface area is 127 Å². The first-order valence-corrected chi connectivity index (χ1v) is 7.22. The van der Waals surface area contributed by atoms with E-state index in [2.05, 4.69) is 21.2 Å². The summed E-state index contributed by atoms with van der Waals surface area (Å²) in [5.74, 6) is -0.201. The molecule has 104 valence electrons. The average Bonchev–Trinajstić information content (AvgIpc) is 2.46. The van der Waals surface area contributed by atoms with Crippen molar-refractivity contribution in [2.45, 2.75) is 13.0 Å². The van der Waals surface area contributed by atoms with E-state index in [1.165, 1.54) is 0 Å².